The summed E-state index contributed by atoms with van der Waals surface area (Å²) in [5, 5.41) is 33.6. The predicted octanol–water partition coefficient (Wildman–Crippen LogP) is 4.31. The molecule has 1 aromatic heterocycles. The summed E-state index contributed by atoms with van der Waals surface area (Å²) in [4.78, 5) is 30.5. The molecule has 2 heterocycles. The van der Waals surface area contributed by atoms with Crippen LogP contribution in [0.2, 0.25) is 0 Å². The molecule has 1 saturated carbocycles. The average molecular weight is 520 g/mol. The molecule has 1 aliphatic heterocycles. The highest BCUT2D eigenvalue weighted by Gasteiger charge is 2.47. The number of carbonyl (C=O) groups excluding carboxylic acids is 2. The summed E-state index contributed by atoms with van der Waals surface area (Å²) in [5.41, 5.74) is 1.49. The Kier molecular flexibility index (Phi) is 9.30. The first kappa shape index (κ1) is 28.7. The molecule has 0 spiro atoms. The lowest BCUT2D eigenvalue weighted by Gasteiger charge is -2.34. The van der Waals surface area contributed by atoms with Crippen molar-refractivity contribution in [3.8, 4) is 0 Å². The van der Waals surface area contributed by atoms with E-state index in [2.05, 4.69) is 18.0 Å². The first-order valence-electron chi connectivity index (χ1n) is 12.8. The number of hydrogen-bond donors (Lipinski definition) is 3. The van der Waals surface area contributed by atoms with Crippen molar-refractivity contribution in [3.63, 3.8) is 0 Å². The third-order valence-corrected chi connectivity index (χ3v) is 8.92. The van der Waals surface area contributed by atoms with Crippen molar-refractivity contribution in [2.75, 3.05) is 0 Å². The fourth-order valence-corrected chi connectivity index (χ4v) is 5.92. The van der Waals surface area contributed by atoms with Crippen LogP contribution in [0.15, 0.2) is 22.6 Å². The largest absolute Gasteiger partial charge is 0.457 e. The van der Waals surface area contributed by atoms with Crippen molar-refractivity contribution in [3.05, 3.63) is 33.3 Å². The number of nitrogens with zero attached hydrogens (tertiary/aromatic N) is 1. The van der Waals surface area contributed by atoms with Crippen LogP contribution in [-0.4, -0.2) is 50.4 Å². The van der Waals surface area contributed by atoms with Gasteiger partial charge in [-0.25, -0.2) is 4.98 Å². The Labute approximate surface area is 218 Å². The van der Waals surface area contributed by atoms with Crippen LogP contribution in [-0.2, 0) is 20.9 Å². The lowest BCUT2D eigenvalue weighted by molar-refractivity contribution is -0.154. The molecule has 3 rings (SSSR count). The van der Waals surface area contributed by atoms with E-state index in [-0.39, 0.29) is 24.7 Å². The van der Waals surface area contributed by atoms with Crippen molar-refractivity contribution in [1.29, 1.82) is 0 Å². The van der Waals surface area contributed by atoms with Crippen LogP contribution in [0.3, 0.4) is 0 Å². The molecule has 7 nitrogen and oxygen atoms in total. The molecule has 2 aliphatic rings. The number of carbonyl (C=O) groups is 2. The van der Waals surface area contributed by atoms with Gasteiger partial charge in [-0.2, -0.15) is 0 Å². The zero-order valence-corrected chi connectivity index (χ0v) is 23.0. The number of cyclic esters (lactones) is 1. The lowest BCUT2D eigenvalue weighted by Crippen LogP contribution is -2.46. The number of rotatable bonds is 3. The van der Waals surface area contributed by atoms with Crippen LogP contribution in [0.1, 0.15) is 77.9 Å². The Morgan fingerprint density at radius 1 is 1.25 bits per heavy atom. The van der Waals surface area contributed by atoms with Crippen LogP contribution < -0.4 is 0 Å². The van der Waals surface area contributed by atoms with Crippen LogP contribution in [0.4, 0.5) is 0 Å². The fourth-order valence-electron chi connectivity index (χ4n) is 5.31. The van der Waals surface area contributed by atoms with Gasteiger partial charge in [0, 0.05) is 17.7 Å². The monoisotopic (exact) mass is 519 g/mol. The van der Waals surface area contributed by atoms with E-state index < -0.39 is 35.6 Å². The SMILES string of the molecule is C/C1=C/C[C@H](/C(C)=C/c2csc(CO)n2)OC(=O)C[C@H](O)C(C)(C)C(=O)[C@H](C)[C@@H](O)[C@@H](C)C2CC2C1. The first-order chi connectivity index (χ1) is 16.8. The van der Waals surface area contributed by atoms with Gasteiger partial charge in [-0.1, -0.05) is 39.3 Å². The summed E-state index contributed by atoms with van der Waals surface area (Å²) in [5.74, 6) is -0.682. The minimum Gasteiger partial charge on any atom is -0.457 e. The molecule has 0 saturated heterocycles. The molecule has 36 heavy (non-hydrogen) atoms. The van der Waals surface area contributed by atoms with E-state index in [1.54, 1.807) is 20.8 Å². The average Bonchev–Trinajstić information content (AvgIpc) is 3.44. The standard InChI is InChI=1S/C28H41NO6S/c1-15-7-8-22(16(2)10-20-14-36-24(13-30)29-20)35-25(32)12-23(31)28(5,6)27(34)18(4)26(33)17(3)21-11-19(21)9-15/h7,10,14,17-19,21-23,26,30-31,33H,8-9,11-13H2,1-6H3/b15-7-,16-10+/t17-,18+,19?,21?,22+,23-,26-/m0/s1. The van der Waals surface area contributed by atoms with Crippen LogP contribution >= 0.6 is 11.3 Å². The van der Waals surface area contributed by atoms with Crippen molar-refractivity contribution < 1.29 is 29.6 Å². The van der Waals surface area contributed by atoms with Crippen LogP contribution in [0.5, 0.6) is 0 Å². The number of ketones is 1. The Hall–Kier alpha value is -1.87. The van der Waals surface area contributed by atoms with Crippen LogP contribution in [0, 0.1) is 29.1 Å². The van der Waals surface area contributed by atoms with Gasteiger partial charge >= 0.3 is 5.97 Å². The molecular formula is C28H41NO6S. The van der Waals surface area contributed by atoms with Crippen molar-refractivity contribution in [2.45, 2.75) is 92.1 Å². The maximum absolute atomic E-state index is 13.3. The molecule has 0 amide bonds. The molecule has 200 valence electrons. The second-order valence-corrected chi connectivity index (χ2v) is 12.2. The van der Waals surface area contributed by atoms with Gasteiger partial charge in [0.05, 0.1) is 36.3 Å². The maximum atomic E-state index is 13.3. The third-order valence-electron chi connectivity index (χ3n) is 8.07. The highest BCUT2D eigenvalue weighted by molar-refractivity contribution is 7.09. The van der Waals surface area contributed by atoms with E-state index in [1.165, 1.54) is 16.9 Å². The number of aromatic nitrogens is 1. The molecule has 3 N–H and O–H groups in total. The number of Topliss-reactive ketones (excluding diaryl/α,β-unsaturated/α-hetero) is 1. The molecule has 0 bridgehead atoms. The zero-order valence-electron chi connectivity index (χ0n) is 22.2. The smallest absolute Gasteiger partial charge is 0.309 e. The highest BCUT2D eigenvalue weighted by Crippen LogP contribution is 2.50. The molecular weight excluding hydrogens is 478 g/mol. The van der Waals surface area contributed by atoms with Crippen molar-refractivity contribution in [2.24, 2.45) is 29.1 Å². The van der Waals surface area contributed by atoms with Crippen molar-refractivity contribution >= 4 is 29.2 Å². The van der Waals surface area contributed by atoms with Gasteiger partial charge in [-0.05, 0) is 56.1 Å². The van der Waals surface area contributed by atoms with Gasteiger partial charge in [0.25, 0.3) is 0 Å². The number of thiazole rings is 1. The number of aliphatic hydroxyl groups is 3. The third kappa shape index (κ3) is 6.71. The van der Waals surface area contributed by atoms with E-state index in [0.29, 0.717) is 29.0 Å². The number of aliphatic hydroxyl groups excluding tert-OH is 3. The van der Waals surface area contributed by atoms with Crippen molar-refractivity contribution in [1.82, 2.24) is 4.98 Å². The molecule has 1 fully saturated rings. The molecule has 2 unspecified atom stereocenters. The predicted molar refractivity (Wildman–Crippen MR) is 140 cm³/mol. The summed E-state index contributed by atoms with van der Waals surface area (Å²) >= 11 is 1.36. The topological polar surface area (TPSA) is 117 Å². The fraction of sp³-hybridized carbons (Fsp3) is 0.679. The number of hydrogen-bond acceptors (Lipinski definition) is 8. The molecule has 8 heteroatoms. The van der Waals surface area contributed by atoms with Gasteiger partial charge in [0.2, 0.25) is 0 Å². The van der Waals surface area contributed by atoms with Gasteiger partial charge in [0.15, 0.2) is 0 Å². The quantitative estimate of drug-likeness (QED) is 0.402. The van der Waals surface area contributed by atoms with Gasteiger partial charge in [-0.3, -0.25) is 9.59 Å². The van der Waals surface area contributed by atoms with Gasteiger partial charge < -0.3 is 20.1 Å². The molecule has 0 aromatic carbocycles. The van der Waals surface area contributed by atoms with Gasteiger partial charge in [0.1, 0.15) is 16.9 Å². The minimum atomic E-state index is -1.24. The number of fused-ring (bicyclic) bond motifs is 1. The number of allylic oxidation sites excluding steroid dienone is 1. The summed E-state index contributed by atoms with van der Waals surface area (Å²) < 4.78 is 5.82. The Morgan fingerprint density at radius 2 is 1.94 bits per heavy atom. The highest BCUT2D eigenvalue weighted by atomic mass is 32.1. The summed E-state index contributed by atoms with van der Waals surface area (Å²) in [6.07, 6.45) is 3.47. The molecule has 0 radical (unpaired) electrons. The summed E-state index contributed by atoms with van der Waals surface area (Å²) in [6, 6.07) is 0. The van der Waals surface area contributed by atoms with E-state index in [4.69, 9.17) is 4.74 Å². The number of esters is 1. The normalized spacial score (nSPS) is 36.0. The minimum absolute atomic E-state index is 0.0209. The summed E-state index contributed by atoms with van der Waals surface area (Å²) in [6.45, 7) is 10.8. The molecule has 1 aliphatic carbocycles. The second-order valence-electron chi connectivity index (χ2n) is 11.3. The van der Waals surface area contributed by atoms with E-state index >= 15 is 0 Å². The second kappa shape index (κ2) is 11.7. The number of ether oxygens (including phenoxy) is 1. The van der Waals surface area contributed by atoms with E-state index in [9.17, 15) is 24.9 Å². The lowest BCUT2D eigenvalue weighted by atomic mass is 9.72. The van der Waals surface area contributed by atoms with E-state index in [1.807, 2.05) is 25.3 Å². The Morgan fingerprint density at radius 3 is 2.58 bits per heavy atom. The molecule has 1 aromatic rings. The Bertz CT molecular complexity index is 1010. The van der Waals surface area contributed by atoms with Gasteiger partial charge in [-0.15, -0.1) is 11.3 Å². The molecule has 7 atom stereocenters. The van der Waals surface area contributed by atoms with E-state index in [0.717, 1.165) is 18.4 Å². The zero-order chi connectivity index (χ0) is 26.8. The Balaban J connectivity index is 1.88. The summed E-state index contributed by atoms with van der Waals surface area (Å²) in [7, 11) is 0. The first-order valence-corrected chi connectivity index (χ1v) is 13.7. The van der Waals surface area contributed by atoms with Crippen LogP contribution in [0.25, 0.3) is 6.08 Å². The maximum Gasteiger partial charge on any atom is 0.309 e.